The Hall–Kier alpha value is -1.11. The third-order valence-electron chi connectivity index (χ3n) is 4.68. The van der Waals surface area contributed by atoms with Crippen molar-refractivity contribution < 1.29 is 8.42 Å². The second kappa shape index (κ2) is 5.83. The Kier molecular flexibility index (Phi) is 4.18. The molecule has 0 spiro atoms. The number of piperazine rings is 1. The van der Waals surface area contributed by atoms with Crippen molar-refractivity contribution in [3.63, 3.8) is 0 Å². The minimum Gasteiger partial charge on any atom is -0.399 e. The van der Waals surface area contributed by atoms with Gasteiger partial charge in [-0.25, -0.2) is 8.42 Å². The standard InChI is InChI=1S/C16H25N3O2S/c1-12-9-15(17)4-3-14(12)11-18-7-8-19(13(2)10-18)22(20,21)16-5-6-16/h3-4,9,13,16H,5-8,10-11,17H2,1-2H3/t13-/m1/s1. The second-order valence-corrected chi connectivity index (χ2v) is 8.79. The molecule has 0 aromatic heterocycles. The maximum absolute atomic E-state index is 12.4. The van der Waals surface area contributed by atoms with Crippen LogP contribution in [-0.4, -0.2) is 48.5 Å². The molecule has 1 saturated carbocycles. The lowest BCUT2D eigenvalue weighted by molar-refractivity contribution is 0.137. The highest BCUT2D eigenvalue weighted by Crippen LogP contribution is 2.33. The summed E-state index contributed by atoms with van der Waals surface area (Å²) >= 11 is 0. The van der Waals surface area contributed by atoms with Crippen LogP contribution in [0.15, 0.2) is 18.2 Å². The predicted molar refractivity (Wildman–Crippen MR) is 89.0 cm³/mol. The normalized spacial score (nSPS) is 24.5. The lowest BCUT2D eigenvalue weighted by Crippen LogP contribution is -2.54. The number of nitrogens with two attached hydrogens (primary N) is 1. The molecule has 0 unspecified atom stereocenters. The largest absolute Gasteiger partial charge is 0.399 e. The van der Waals surface area contributed by atoms with Crippen LogP contribution in [0.3, 0.4) is 0 Å². The molecule has 2 N–H and O–H groups in total. The van der Waals surface area contributed by atoms with E-state index in [-0.39, 0.29) is 11.3 Å². The topological polar surface area (TPSA) is 66.6 Å². The number of benzene rings is 1. The Morgan fingerprint density at radius 2 is 2.00 bits per heavy atom. The number of nitrogens with zero attached hydrogens (tertiary/aromatic N) is 2. The molecule has 3 rings (SSSR count). The van der Waals surface area contributed by atoms with Crippen LogP contribution >= 0.6 is 0 Å². The molecule has 1 heterocycles. The van der Waals surface area contributed by atoms with Crippen LogP contribution in [-0.2, 0) is 16.6 Å². The molecule has 6 heteroatoms. The highest BCUT2D eigenvalue weighted by Gasteiger charge is 2.43. The molecule has 1 aliphatic heterocycles. The fourth-order valence-corrected chi connectivity index (χ4v) is 5.25. The van der Waals surface area contributed by atoms with Gasteiger partial charge in [0.2, 0.25) is 10.0 Å². The van der Waals surface area contributed by atoms with Gasteiger partial charge in [0.1, 0.15) is 0 Å². The van der Waals surface area contributed by atoms with Crippen LogP contribution in [0.25, 0.3) is 0 Å². The number of hydrogen-bond acceptors (Lipinski definition) is 4. The van der Waals surface area contributed by atoms with Gasteiger partial charge < -0.3 is 5.73 Å². The van der Waals surface area contributed by atoms with Gasteiger partial charge in [-0.1, -0.05) is 6.07 Å². The number of rotatable bonds is 4. The van der Waals surface area contributed by atoms with Crippen molar-refractivity contribution in [3.8, 4) is 0 Å². The van der Waals surface area contributed by atoms with Gasteiger partial charge in [0.05, 0.1) is 5.25 Å². The van der Waals surface area contributed by atoms with Crippen LogP contribution in [0.2, 0.25) is 0 Å². The molecule has 0 bridgehead atoms. The molecule has 2 fully saturated rings. The number of sulfonamides is 1. The minimum absolute atomic E-state index is 0.0495. The van der Waals surface area contributed by atoms with Gasteiger partial charge in [-0.15, -0.1) is 0 Å². The summed E-state index contributed by atoms with van der Waals surface area (Å²) < 4.78 is 26.5. The van der Waals surface area contributed by atoms with Gasteiger partial charge >= 0.3 is 0 Å². The molecule has 1 saturated heterocycles. The third-order valence-corrected chi connectivity index (χ3v) is 7.19. The van der Waals surface area contributed by atoms with Crippen molar-refractivity contribution in [1.82, 2.24) is 9.21 Å². The van der Waals surface area contributed by atoms with Crippen molar-refractivity contribution in [2.45, 2.75) is 44.5 Å². The van der Waals surface area contributed by atoms with Gasteiger partial charge in [0.25, 0.3) is 0 Å². The van der Waals surface area contributed by atoms with Gasteiger partial charge in [0.15, 0.2) is 0 Å². The van der Waals surface area contributed by atoms with Gasteiger partial charge in [-0.3, -0.25) is 4.90 Å². The van der Waals surface area contributed by atoms with Crippen molar-refractivity contribution in [2.24, 2.45) is 0 Å². The van der Waals surface area contributed by atoms with E-state index in [1.165, 1.54) is 11.1 Å². The summed E-state index contributed by atoms with van der Waals surface area (Å²) in [5.74, 6) is 0. The average molecular weight is 323 g/mol. The summed E-state index contributed by atoms with van der Waals surface area (Å²) in [7, 11) is -3.06. The van der Waals surface area contributed by atoms with Gasteiger partial charge in [-0.05, 0) is 49.9 Å². The van der Waals surface area contributed by atoms with Gasteiger partial charge in [0, 0.05) is 37.9 Å². The van der Waals surface area contributed by atoms with Gasteiger partial charge in [-0.2, -0.15) is 4.31 Å². The monoisotopic (exact) mass is 323 g/mol. The minimum atomic E-state index is -3.06. The van der Waals surface area contributed by atoms with E-state index in [2.05, 4.69) is 17.9 Å². The first-order chi connectivity index (χ1) is 10.4. The maximum Gasteiger partial charge on any atom is 0.217 e. The third kappa shape index (κ3) is 3.14. The fourth-order valence-electron chi connectivity index (χ4n) is 3.23. The molecule has 5 nitrogen and oxygen atoms in total. The Morgan fingerprint density at radius 3 is 2.59 bits per heavy atom. The summed E-state index contributed by atoms with van der Waals surface area (Å²) in [5, 5.41) is -0.110. The molecule has 1 aliphatic carbocycles. The first-order valence-corrected chi connectivity index (χ1v) is 9.46. The van der Waals surface area contributed by atoms with Crippen molar-refractivity contribution in [2.75, 3.05) is 25.4 Å². The molecule has 1 atom stereocenters. The Balaban J connectivity index is 1.65. The first kappa shape index (κ1) is 15.8. The molecule has 22 heavy (non-hydrogen) atoms. The van der Waals surface area contributed by atoms with E-state index >= 15 is 0 Å². The molecule has 122 valence electrons. The maximum atomic E-state index is 12.4. The zero-order valence-electron chi connectivity index (χ0n) is 13.3. The van der Waals surface area contributed by atoms with E-state index in [1.807, 2.05) is 19.1 Å². The summed E-state index contributed by atoms with van der Waals surface area (Å²) in [4.78, 5) is 2.34. The Morgan fingerprint density at radius 1 is 1.27 bits per heavy atom. The highest BCUT2D eigenvalue weighted by molar-refractivity contribution is 7.90. The predicted octanol–water partition coefficient (Wildman–Crippen LogP) is 1.58. The highest BCUT2D eigenvalue weighted by atomic mass is 32.2. The lowest BCUT2D eigenvalue weighted by atomic mass is 10.1. The average Bonchev–Trinajstić information content (AvgIpc) is 3.26. The molecule has 1 aromatic rings. The van der Waals surface area contributed by atoms with Crippen molar-refractivity contribution in [1.29, 1.82) is 0 Å². The molecular weight excluding hydrogens is 298 g/mol. The van der Waals surface area contributed by atoms with E-state index in [1.54, 1.807) is 4.31 Å². The quantitative estimate of drug-likeness (QED) is 0.854. The zero-order chi connectivity index (χ0) is 15.9. The van der Waals surface area contributed by atoms with Crippen molar-refractivity contribution >= 4 is 15.7 Å². The Labute approximate surface area is 133 Å². The number of aryl methyl sites for hydroxylation is 1. The van der Waals surface area contributed by atoms with E-state index in [0.29, 0.717) is 6.54 Å². The van der Waals surface area contributed by atoms with Crippen LogP contribution in [0.1, 0.15) is 30.9 Å². The number of nitrogen functional groups attached to an aromatic ring is 1. The fraction of sp³-hybridized carbons (Fsp3) is 0.625. The molecule has 1 aromatic carbocycles. The summed E-state index contributed by atoms with van der Waals surface area (Å²) in [6.45, 7) is 7.13. The van der Waals surface area contributed by atoms with Crippen LogP contribution < -0.4 is 5.73 Å². The van der Waals surface area contributed by atoms with Crippen LogP contribution in [0, 0.1) is 6.92 Å². The Bertz CT molecular complexity index is 655. The summed E-state index contributed by atoms with van der Waals surface area (Å²) in [5.41, 5.74) is 9.04. The smallest absolute Gasteiger partial charge is 0.217 e. The number of anilines is 1. The van der Waals surface area contributed by atoms with E-state index in [4.69, 9.17) is 5.73 Å². The van der Waals surface area contributed by atoms with Crippen molar-refractivity contribution in [3.05, 3.63) is 29.3 Å². The lowest BCUT2D eigenvalue weighted by Gasteiger charge is -2.39. The van der Waals surface area contributed by atoms with E-state index < -0.39 is 10.0 Å². The van der Waals surface area contributed by atoms with Crippen LogP contribution in [0.4, 0.5) is 5.69 Å². The number of hydrogen-bond donors (Lipinski definition) is 1. The van der Waals surface area contributed by atoms with E-state index in [9.17, 15) is 8.42 Å². The SMILES string of the molecule is Cc1cc(N)ccc1CN1CCN(S(=O)(=O)C2CC2)[C@H](C)C1. The molecular formula is C16H25N3O2S. The molecule has 2 aliphatic rings. The molecule has 0 radical (unpaired) electrons. The van der Waals surface area contributed by atoms with Crippen LogP contribution in [0.5, 0.6) is 0 Å². The summed E-state index contributed by atoms with van der Waals surface area (Å²) in [6, 6.07) is 6.04. The first-order valence-electron chi connectivity index (χ1n) is 7.96. The van der Waals surface area contributed by atoms with E-state index in [0.717, 1.165) is 38.2 Å². The summed E-state index contributed by atoms with van der Waals surface area (Å²) in [6.07, 6.45) is 1.67. The zero-order valence-corrected chi connectivity index (χ0v) is 14.1. The molecule has 0 amide bonds. The second-order valence-electron chi connectivity index (χ2n) is 6.63.